The van der Waals surface area contributed by atoms with Crippen molar-refractivity contribution in [2.75, 3.05) is 19.8 Å². The van der Waals surface area contributed by atoms with Crippen LogP contribution in [0.5, 0.6) is 0 Å². The van der Waals surface area contributed by atoms with Gasteiger partial charge in [-0.15, -0.1) is 0 Å². The average Bonchev–Trinajstić information content (AvgIpc) is 2.81. The van der Waals surface area contributed by atoms with Crippen molar-refractivity contribution in [2.45, 2.75) is 403 Å². The number of nitrogens with one attached hydrogen (secondary N) is 1. The number of hydrogen-bond donors (Lipinski definition) is 6. The van der Waals surface area contributed by atoms with E-state index in [0.717, 1.165) is 70.6 Å². The molecule has 0 radical (unpaired) electrons. The zero-order chi connectivity index (χ0) is 64.4. The van der Waals surface area contributed by atoms with Gasteiger partial charge in [-0.05, 0) is 83.5 Å². The summed E-state index contributed by atoms with van der Waals surface area (Å²) in [5.41, 5.74) is 0. The first-order valence-electron chi connectivity index (χ1n) is 38.1. The van der Waals surface area contributed by atoms with E-state index in [0.29, 0.717) is 19.4 Å². The van der Waals surface area contributed by atoms with Crippen LogP contribution in [0.25, 0.3) is 0 Å². The molecule has 89 heavy (non-hydrogen) atoms. The number of carbonyl (C=O) groups excluding carboxylic acids is 2. The smallest absolute Gasteiger partial charge is 0.305 e. The summed E-state index contributed by atoms with van der Waals surface area (Å²) in [6.45, 7) is 4.23. The number of amides is 1. The predicted octanol–water partition coefficient (Wildman–Crippen LogP) is 20.1. The van der Waals surface area contributed by atoms with E-state index in [1.807, 2.05) is 6.08 Å². The second-order valence-corrected chi connectivity index (χ2v) is 26.3. The molecule has 1 aliphatic rings. The molecule has 0 aromatic heterocycles. The van der Waals surface area contributed by atoms with E-state index in [9.17, 15) is 35.1 Å². The maximum absolute atomic E-state index is 13.0. The zero-order valence-corrected chi connectivity index (χ0v) is 57.9. The molecule has 0 aromatic carbocycles. The van der Waals surface area contributed by atoms with Gasteiger partial charge in [-0.1, -0.05) is 325 Å². The summed E-state index contributed by atoms with van der Waals surface area (Å²) in [5, 5.41) is 54.3. The summed E-state index contributed by atoms with van der Waals surface area (Å²) in [7, 11) is 0. The number of ether oxygens (including phenoxy) is 3. The first-order valence-corrected chi connectivity index (χ1v) is 38.1. The van der Waals surface area contributed by atoms with Crippen LogP contribution < -0.4 is 5.32 Å². The monoisotopic (exact) mass is 1250 g/mol. The molecular weight excluding hydrogens is 1110 g/mol. The molecule has 0 saturated carbocycles. The van der Waals surface area contributed by atoms with Gasteiger partial charge in [0.2, 0.25) is 5.91 Å². The Kier molecular flexibility index (Phi) is 63.3. The second-order valence-electron chi connectivity index (χ2n) is 26.3. The van der Waals surface area contributed by atoms with Crippen LogP contribution in [-0.2, 0) is 23.8 Å². The van der Waals surface area contributed by atoms with Crippen molar-refractivity contribution >= 4 is 11.9 Å². The highest BCUT2D eigenvalue weighted by Crippen LogP contribution is 2.23. The predicted molar refractivity (Wildman–Crippen MR) is 375 cm³/mol. The lowest BCUT2D eigenvalue weighted by atomic mass is 9.99. The molecule has 0 aromatic rings. The number of rotatable bonds is 67. The van der Waals surface area contributed by atoms with Gasteiger partial charge < -0.3 is 45.1 Å². The summed E-state index contributed by atoms with van der Waals surface area (Å²) in [6, 6.07) is -0.832. The van der Waals surface area contributed by atoms with Crippen LogP contribution in [0.15, 0.2) is 60.8 Å². The maximum Gasteiger partial charge on any atom is 0.305 e. The van der Waals surface area contributed by atoms with Crippen LogP contribution in [0.1, 0.15) is 361 Å². The van der Waals surface area contributed by atoms with Gasteiger partial charge in [0.25, 0.3) is 0 Å². The average molecular weight is 1250 g/mol. The summed E-state index contributed by atoms with van der Waals surface area (Å²) < 4.78 is 16.7. The fraction of sp³-hybridized carbons (Fsp3) is 0.846. The van der Waals surface area contributed by atoms with Crippen LogP contribution in [0.3, 0.4) is 0 Å². The summed E-state index contributed by atoms with van der Waals surface area (Å²) in [4.78, 5) is 25.1. The summed E-state index contributed by atoms with van der Waals surface area (Å²) >= 11 is 0. The fourth-order valence-corrected chi connectivity index (χ4v) is 11.9. The molecule has 7 unspecified atom stereocenters. The molecular formula is C78H143NO10. The Hall–Kier alpha value is -2.64. The van der Waals surface area contributed by atoms with Gasteiger partial charge >= 0.3 is 5.97 Å². The van der Waals surface area contributed by atoms with Gasteiger partial charge in [-0.2, -0.15) is 0 Å². The van der Waals surface area contributed by atoms with Crippen LogP contribution in [-0.4, -0.2) is 100 Å². The molecule has 1 saturated heterocycles. The molecule has 0 aliphatic carbocycles. The Morgan fingerprint density at radius 3 is 1.22 bits per heavy atom. The molecule has 1 fully saturated rings. The lowest BCUT2D eigenvalue weighted by molar-refractivity contribution is -0.302. The van der Waals surface area contributed by atoms with Gasteiger partial charge in [-0.3, -0.25) is 9.59 Å². The van der Waals surface area contributed by atoms with E-state index >= 15 is 0 Å². The maximum atomic E-state index is 13.0. The van der Waals surface area contributed by atoms with Crippen LogP contribution >= 0.6 is 0 Å². The number of esters is 1. The largest absolute Gasteiger partial charge is 0.466 e. The molecule has 6 N–H and O–H groups in total. The normalized spacial score (nSPS) is 18.0. The quantitative estimate of drug-likeness (QED) is 0.0195. The third-order valence-corrected chi connectivity index (χ3v) is 17.8. The second kappa shape index (κ2) is 66.8. The number of carbonyl (C=O) groups is 2. The summed E-state index contributed by atoms with van der Waals surface area (Å²) in [6.07, 6.45) is 79.9. The van der Waals surface area contributed by atoms with E-state index in [4.69, 9.17) is 14.2 Å². The number of aliphatic hydroxyl groups is 5. The molecule has 11 heteroatoms. The highest BCUT2D eigenvalue weighted by atomic mass is 16.7. The van der Waals surface area contributed by atoms with Crippen molar-refractivity contribution < 1.29 is 49.3 Å². The zero-order valence-electron chi connectivity index (χ0n) is 57.9. The first-order chi connectivity index (χ1) is 43.7. The Morgan fingerprint density at radius 1 is 0.427 bits per heavy atom. The van der Waals surface area contributed by atoms with Gasteiger partial charge in [-0.25, -0.2) is 0 Å². The Labute approximate surface area is 548 Å². The molecule has 0 spiro atoms. The van der Waals surface area contributed by atoms with Crippen molar-refractivity contribution in [3.8, 4) is 0 Å². The van der Waals surface area contributed by atoms with E-state index in [2.05, 4.69) is 67.8 Å². The lowest BCUT2D eigenvalue weighted by Crippen LogP contribution is -2.60. The van der Waals surface area contributed by atoms with Crippen molar-refractivity contribution in [3.05, 3.63) is 60.8 Å². The number of hydrogen-bond acceptors (Lipinski definition) is 10. The lowest BCUT2D eigenvalue weighted by Gasteiger charge is -2.40. The van der Waals surface area contributed by atoms with E-state index in [-0.39, 0.29) is 18.5 Å². The molecule has 11 nitrogen and oxygen atoms in total. The molecule has 0 bridgehead atoms. The summed E-state index contributed by atoms with van der Waals surface area (Å²) in [5.74, 6) is -0.180. The minimum atomic E-state index is -1.58. The van der Waals surface area contributed by atoms with Crippen molar-refractivity contribution in [3.63, 3.8) is 0 Å². The van der Waals surface area contributed by atoms with Crippen LogP contribution in [0.2, 0.25) is 0 Å². The van der Waals surface area contributed by atoms with Gasteiger partial charge in [0.15, 0.2) is 6.29 Å². The standard InChI is InChI=1S/C78H143NO10/c1-3-5-7-9-11-13-15-46-50-54-58-62-66-74(83)87-67-63-59-55-51-47-44-42-40-38-36-34-32-30-28-26-24-22-20-18-16-17-19-21-23-25-27-29-31-33-35-37-39-41-43-45-49-53-57-61-65-73(82)79-70(69-88-78-77(86)76(85)75(84)72(68-80)89-78)71(81)64-60-56-52-48-14-12-10-8-6-4-2/h6,8,14,16-17,20,22,48,60,64,70-72,75-78,80-81,84-86H,3-5,7,9-13,15,18-19,21,23-47,49-59,61-63,65-69H2,1-2H3,(H,79,82)/b8-6+,17-16-,22-20-,48-14+,64-60+. The third-order valence-electron chi connectivity index (χ3n) is 17.8. The molecule has 520 valence electrons. The topological polar surface area (TPSA) is 175 Å². The third kappa shape index (κ3) is 55.5. The van der Waals surface area contributed by atoms with E-state index in [1.165, 1.54) is 263 Å². The number of allylic oxidation sites excluding steroid dienone is 9. The van der Waals surface area contributed by atoms with Gasteiger partial charge in [0.05, 0.1) is 32.0 Å². The van der Waals surface area contributed by atoms with Crippen molar-refractivity contribution in [1.29, 1.82) is 0 Å². The number of unbranched alkanes of at least 4 members (excludes halogenated alkanes) is 45. The fourth-order valence-electron chi connectivity index (χ4n) is 11.9. The van der Waals surface area contributed by atoms with Gasteiger partial charge in [0, 0.05) is 12.8 Å². The molecule has 1 amide bonds. The van der Waals surface area contributed by atoms with E-state index in [1.54, 1.807) is 6.08 Å². The van der Waals surface area contributed by atoms with Crippen LogP contribution in [0, 0.1) is 0 Å². The minimum Gasteiger partial charge on any atom is -0.466 e. The van der Waals surface area contributed by atoms with Crippen molar-refractivity contribution in [2.24, 2.45) is 0 Å². The minimum absolute atomic E-state index is 0.0151. The first kappa shape index (κ1) is 84.4. The van der Waals surface area contributed by atoms with E-state index < -0.39 is 49.5 Å². The molecule has 1 aliphatic heterocycles. The number of aliphatic hydroxyl groups excluding tert-OH is 5. The Morgan fingerprint density at radius 2 is 0.798 bits per heavy atom. The Bertz CT molecular complexity index is 1660. The van der Waals surface area contributed by atoms with Gasteiger partial charge in [0.1, 0.15) is 24.4 Å². The highest BCUT2D eigenvalue weighted by molar-refractivity contribution is 5.76. The molecule has 7 atom stereocenters. The SMILES string of the molecule is CC/C=C/CC/C=C/CC/C=C/C(O)C(COC1OC(CO)C(O)C(O)C1O)NC(=O)CCCCCCCCCCCCCCCCCCC/C=C\C/C=C\CCCCCCCCCCCCCCCCCOC(=O)CCCCCCCCCCCCCC. The molecule has 1 rings (SSSR count). The Balaban J connectivity index is 1.89. The van der Waals surface area contributed by atoms with Crippen molar-refractivity contribution in [1.82, 2.24) is 5.32 Å². The van der Waals surface area contributed by atoms with Crippen LogP contribution in [0.4, 0.5) is 0 Å². The highest BCUT2D eigenvalue weighted by Gasteiger charge is 2.44. The molecule has 1 heterocycles.